The molecule has 0 N–H and O–H groups in total. The topological polar surface area (TPSA) is 56.6 Å². The number of anilines is 1. The maximum Gasteiger partial charge on any atom is 0.227 e. The predicted octanol–water partition coefficient (Wildman–Crippen LogP) is 5.18. The van der Waals surface area contributed by atoms with E-state index in [2.05, 4.69) is 29.7 Å². The Morgan fingerprint density at radius 3 is 2.41 bits per heavy atom. The van der Waals surface area contributed by atoms with E-state index in [0.717, 1.165) is 34.5 Å². The van der Waals surface area contributed by atoms with Crippen molar-refractivity contribution in [3.8, 4) is 11.5 Å². The molecule has 1 aliphatic rings. The summed E-state index contributed by atoms with van der Waals surface area (Å²) in [6.45, 7) is 3.39. The first-order valence-electron chi connectivity index (χ1n) is 11.7. The van der Waals surface area contributed by atoms with E-state index in [1.54, 1.807) is 14.2 Å². The molecule has 0 radical (unpaired) electrons. The standard InChI is InChI=1S/C28H29N3O3/c1-4-19-9-12-22(13-10-19)30-18-21(16-27(30)32)28-29-23-7-5-6-8-24(23)31(28)17-20-11-14-25(33-2)26(15-20)34-3/h5-15,21H,4,16-18H2,1-3H3/t21-/m0/s1. The molecule has 174 valence electrons. The molecule has 6 nitrogen and oxygen atoms in total. The van der Waals surface area contributed by atoms with Crippen LogP contribution in [0.15, 0.2) is 66.7 Å². The summed E-state index contributed by atoms with van der Waals surface area (Å²) >= 11 is 0. The molecule has 0 aliphatic carbocycles. The number of amides is 1. The number of carbonyl (C=O) groups is 1. The first kappa shape index (κ1) is 22.0. The summed E-state index contributed by atoms with van der Waals surface area (Å²) in [7, 11) is 3.28. The van der Waals surface area contributed by atoms with Gasteiger partial charge in [-0.2, -0.15) is 0 Å². The van der Waals surface area contributed by atoms with Gasteiger partial charge in [-0.15, -0.1) is 0 Å². The number of hydrogen-bond acceptors (Lipinski definition) is 4. The van der Waals surface area contributed by atoms with Crippen LogP contribution in [0.4, 0.5) is 5.69 Å². The maximum atomic E-state index is 13.0. The molecule has 1 fully saturated rings. The van der Waals surface area contributed by atoms with Crippen LogP contribution < -0.4 is 14.4 Å². The number of methoxy groups -OCH3 is 2. The van der Waals surface area contributed by atoms with Crippen molar-refractivity contribution < 1.29 is 14.3 Å². The molecule has 0 saturated carbocycles. The van der Waals surface area contributed by atoms with Gasteiger partial charge in [0.1, 0.15) is 5.82 Å². The average Bonchev–Trinajstić information content (AvgIpc) is 3.44. The van der Waals surface area contributed by atoms with Crippen LogP contribution in [0.3, 0.4) is 0 Å². The van der Waals surface area contributed by atoms with E-state index in [-0.39, 0.29) is 11.8 Å². The molecule has 1 amide bonds. The fourth-order valence-electron chi connectivity index (χ4n) is 4.78. The number of ether oxygens (including phenoxy) is 2. The molecule has 0 bridgehead atoms. The number of benzene rings is 3. The number of aromatic nitrogens is 2. The number of carbonyl (C=O) groups excluding carboxylic acids is 1. The third-order valence-electron chi connectivity index (χ3n) is 6.62. The third-order valence-corrected chi connectivity index (χ3v) is 6.62. The van der Waals surface area contributed by atoms with Gasteiger partial charge in [0, 0.05) is 31.1 Å². The highest BCUT2D eigenvalue weighted by Gasteiger charge is 2.34. The van der Waals surface area contributed by atoms with Crippen molar-refractivity contribution in [2.45, 2.75) is 32.2 Å². The van der Waals surface area contributed by atoms with Crippen LogP contribution in [0.1, 0.15) is 36.2 Å². The monoisotopic (exact) mass is 455 g/mol. The van der Waals surface area contributed by atoms with Crippen LogP contribution in [0.5, 0.6) is 11.5 Å². The van der Waals surface area contributed by atoms with Crippen molar-refractivity contribution in [3.05, 3.63) is 83.7 Å². The Balaban J connectivity index is 1.49. The largest absolute Gasteiger partial charge is 0.493 e. The minimum atomic E-state index is 0.0193. The summed E-state index contributed by atoms with van der Waals surface area (Å²) in [5.41, 5.74) is 5.30. The van der Waals surface area contributed by atoms with Gasteiger partial charge in [0.05, 0.1) is 25.3 Å². The number of imidazole rings is 1. The first-order valence-corrected chi connectivity index (χ1v) is 11.7. The Bertz CT molecular complexity index is 1330. The lowest BCUT2D eigenvalue weighted by molar-refractivity contribution is -0.117. The zero-order valence-electron chi connectivity index (χ0n) is 19.8. The predicted molar refractivity (Wildman–Crippen MR) is 134 cm³/mol. The highest BCUT2D eigenvalue weighted by Crippen LogP contribution is 2.34. The van der Waals surface area contributed by atoms with Crippen molar-refractivity contribution in [2.75, 3.05) is 25.7 Å². The van der Waals surface area contributed by atoms with Gasteiger partial charge < -0.3 is 18.9 Å². The van der Waals surface area contributed by atoms with E-state index < -0.39 is 0 Å². The molecule has 1 aromatic heterocycles. The Morgan fingerprint density at radius 1 is 0.941 bits per heavy atom. The fourth-order valence-corrected chi connectivity index (χ4v) is 4.78. The molecule has 5 rings (SSSR count). The van der Waals surface area contributed by atoms with Crippen molar-refractivity contribution in [2.24, 2.45) is 0 Å². The second kappa shape index (κ2) is 9.21. The van der Waals surface area contributed by atoms with Gasteiger partial charge in [0.15, 0.2) is 11.5 Å². The number of nitrogens with zero attached hydrogens (tertiary/aromatic N) is 3. The van der Waals surface area contributed by atoms with Gasteiger partial charge >= 0.3 is 0 Å². The van der Waals surface area contributed by atoms with Gasteiger partial charge in [-0.3, -0.25) is 4.79 Å². The minimum absolute atomic E-state index is 0.0193. The van der Waals surface area contributed by atoms with E-state index in [1.807, 2.05) is 53.4 Å². The van der Waals surface area contributed by atoms with Crippen LogP contribution in [0.25, 0.3) is 11.0 Å². The molecule has 1 saturated heterocycles. The molecule has 0 spiro atoms. The number of rotatable bonds is 7. The molecule has 6 heteroatoms. The normalized spacial score (nSPS) is 15.8. The SMILES string of the molecule is CCc1ccc(N2C[C@@H](c3nc4ccccc4n3Cc3ccc(OC)c(OC)c3)CC2=O)cc1. The van der Waals surface area contributed by atoms with Crippen molar-refractivity contribution in [1.82, 2.24) is 9.55 Å². The zero-order chi connectivity index (χ0) is 23.7. The second-order valence-corrected chi connectivity index (χ2v) is 8.66. The minimum Gasteiger partial charge on any atom is -0.493 e. The summed E-state index contributed by atoms with van der Waals surface area (Å²) in [4.78, 5) is 19.9. The molecule has 34 heavy (non-hydrogen) atoms. The lowest BCUT2D eigenvalue weighted by Gasteiger charge is -2.18. The lowest BCUT2D eigenvalue weighted by atomic mass is 10.1. The number of hydrogen-bond donors (Lipinski definition) is 0. The molecule has 1 atom stereocenters. The molecule has 0 unspecified atom stereocenters. The fraction of sp³-hybridized carbons (Fsp3) is 0.286. The number of aryl methyl sites for hydroxylation is 1. The first-order chi connectivity index (χ1) is 16.6. The van der Waals surface area contributed by atoms with Crippen LogP contribution in [0, 0.1) is 0 Å². The van der Waals surface area contributed by atoms with Crippen molar-refractivity contribution in [3.63, 3.8) is 0 Å². The van der Waals surface area contributed by atoms with Gasteiger partial charge in [-0.05, 0) is 53.9 Å². The summed E-state index contributed by atoms with van der Waals surface area (Å²) in [5, 5.41) is 0. The molecule has 2 heterocycles. The highest BCUT2D eigenvalue weighted by atomic mass is 16.5. The van der Waals surface area contributed by atoms with Crippen LogP contribution in [-0.2, 0) is 17.8 Å². The maximum absolute atomic E-state index is 13.0. The van der Waals surface area contributed by atoms with Gasteiger partial charge in [-0.1, -0.05) is 37.3 Å². The van der Waals surface area contributed by atoms with Crippen LogP contribution >= 0.6 is 0 Å². The Morgan fingerprint density at radius 2 is 1.68 bits per heavy atom. The molecular formula is C28H29N3O3. The van der Waals surface area contributed by atoms with Crippen LogP contribution in [-0.4, -0.2) is 36.2 Å². The zero-order valence-corrected chi connectivity index (χ0v) is 19.8. The summed E-state index contributed by atoms with van der Waals surface area (Å²) in [5.74, 6) is 2.50. The third kappa shape index (κ3) is 4.00. The lowest BCUT2D eigenvalue weighted by Crippen LogP contribution is -2.24. The van der Waals surface area contributed by atoms with Crippen LogP contribution in [0.2, 0.25) is 0 Å². The average molecular weight is 456 g/mol. The van der Waals surface area contributed by atoms with Gasteiger partial charge in [-0.25, -0.2) is 4.98 Å². The molecular weight excluding hydrogens is 426 g/mol. The smallest absolute Gasteiger partial charge is 0.227 e. The summed E-state index contributed by atoms with van der Waals surface area (Å²) < 4.78 is 13.1. The van der Waals surface area contributed by atoms with E-state index in [1.165, 1.54) is 5.56 Å². The van der Waals surface area contributed by atoms with Gasteiger partial charge in [0.25, 0.3) is 0 Å². The quantitative estimate of drug-likeness (QED) is 0.385. The van der Waals surface area contributed by atoms with Gasteiger partial charge in [0.2, 0.25) is 5.91 Å². The summed E-state index contributed by atoms with van der Waals surface area (Å²) in [6, 6.07) is 22.4. The van der Waals surface area contributed by atoms with Crippen molar-refractivity contribution >= 4 is 22.6 Å². The Hall–Kier alpha value is -3.80. The Labute approximate surface area is 199 Å². The van der Waals surface area contributed by atoms with E-state index in [4.69, 9.17) is 14.5 Å². The number of fused-ring (bicyclic) bond motifs is 1. The number of para-hydroxylation sites is 2. The van der Waals surface area contributed by atoms with E-state index >= 15 is 0 Å². The summed E-state index contributed by atoms with van der Waals surface area (Å²) in [6.07, 6.45) is 1.43. The Kier molecular flexibility index (Phi) is 5.97. The van der Waals surface area contributed by atoms with E-state index in [0.29, 0.717) is 31.0 Å². The molecule has 3 aromatic carbocycles. The van der Waals surface area contributed by atoms with Crippen molar-refractivity contribution in [1.29, 1.82) is 0 Å². The second-order valence-electron chi connectivity index (χ2n) is 8.66. The molecule has 4 aromatic rings. The molecule has 1 aliphatic heterocycles. The highest BCUT2D eigenvalue weighted by molar-refractivity contribution is 5.96. The van der Waals surface area contributed by atoms with E-state index in [9.17, 15) is 4.79 Å².